The van der Waals surface area contributed by atoms with Crippen molar-refractivity contribution in [2.75, 3.05) is 63.6 Å². The number of aromatic nitrogens is 2. The maximum atomic E-state index is 15.1. The number of rotatable bonds is 75. The number of hydrogen-bond donors (Lipinski definition) is 18. The third-order valence-corrected chi connectivity index (χ3v) is 26.8. The zero-order valence-corrected chi connectivity index (χ0v) is 87.8. The summed E-state index contributed by atoms with van der Waals surface area (Å²) in [5.41, 5.74) is 29.1. The number of phenols is 1. The van der Waals surface area contributed by atoms with Crippen LogP contribution in [0.4, 0.5) is 0 Å². The van der Waals surface area contributed by atoms with Crippen molar-refractivity contribution in [3.05, 3.63) is 233 Å². The van der Waals surface area contributed by atoms with Crippen LogP contribution in [-0.2, 0) is 106 Å². The summed E-state index contributed by atoms with van der Waals surface area (Å²) in [5.74, 6) is -13.5. The summed E-state index contributed by atoms with van der Waals surface area (Å²) in [6, 6.07) is 45.6. The normalized spacial score (nSPS) is 13.3. The molecule has 0 aliphatic heterocycles. The molecular weight excluding hydrogens is 1930 g/mol. The molecule has 0 unspecified atom stereocenters. The first-order chi connectivity index (χ1) is 71.5. The minimum Gasteiger partial charge on any atom is -0.508 e. The van der Waals surface area contributed by atoms with Crippen molar-refractivity contribution in [3.63, 3.8) is 0 Å². The van der Waals surface area contributed by atoms with Crippen molar-refractivity contribution in [2.45, 2.75) is 225 Å². The highest BCUT2D eigenvalue weighted by molar-refractivity contribution is 7.98. The summed E-state index contributed by atoms with van der Waals surface area (Å²) in [7, 11) is 0. The minimum atomic E-state index is -1.25. The van der Waals surface area contributed by atoms with E-state index in [1.165, 1.54) is 30.8 Å². The van der Waals surface area contributed by atoms with Gasteiger partial charge in [-0.2, -0.15) is 24.4 Å². The van der Waals surface area contributed by atoms with Crippen LogP contribution in [0.15, 0.2) is 182 Å². The molecule has 0 bridgehead atoms. The highest BCUT2D eigenvalue weighted by Crippen LogP contribution is 2.27. The van der Waals surface area contributed by atoms with E-state index in [1.54, 1.807) is 111 Å². The van der Waals surface area contributed by atoms with Crippen LogP contribution in [-0.4, -0.2) is 213 Å². The number of unbranched alkanes of at least 4 members (excludes halogenated alkanes) is 3. The topological polar surface area (TPSA) is 589 Å². The third kappa shape index (κ3) is 48.4. The number of amides is 6. The fourth-order valence-electron chi connectivity index (χ4n) is 17.3. The van der Waals surface area contributed by atoms with Crippen LogP contribution in [0.3, 0.4) is 0 Å². The smallest absolute Gasteiger partial charge is 0.224 e. The van der Waals surface area contributed by atoms with Gasteiger partial charge in [0.05, 0.1) is 54.6 Å². The molecule has 0 radical (unpaired) electrons. The Morgan fingerprint density at radius 3 is 1.43 bits per heavy atom. The highest BCUT2D eigenvalue weighted by Gasteiger charge is 2.38. The first-order valence-corrected chi connectivity index (χ1v) is 53.3. The Morgan fingerprint density at radius 2 is 0.893 bits per heavy atom. The van der Waals surface area contributed by atoms with Crippen LogP contribution in [0.1, 0.15) is 217 Å². The van der Waals surface area contributed by atoms with Crippen molar-refractivity contribution in [3.8, 4) is 5.75 Å². The van der Waals surface area contributed by atoms with E-state index in [9.17, 15) is 72.2 Å². The molecule has 0 spiro atoms. The average Bonchev–Trinajstić information content (AvgIpc) is 0.838. The van der Waals surface area contributed by atoms with Gasteiger partial charge in [0.25, 0.3) is 0 Å². The second-order valence-electron chi connectivity index (χ2n) is 38.3. The lowest BCUT2D eigenvalue weighted by atomic mass is 9.87. The molecule has 37 heteroatoms. The fraction of sp³-hybridized carbons (Fsp3) is 0.464. The van der Waals surface area contributed by atoms with E-state index in [2.05, 4.69) is 70.4 Å². The molecule has 5 aromatic carbocycles. The van der Waals surface area contributed by atoms with Gasteiger partial charge in [0.2, 0.25) is 35.4 Å². The van der Waals surface area contributed by atoms with Gasteiger partial charge in [-0.15, -0.1) is 0 Å². The number of nitrogens with one attached hydrogen (secondary N) is 12. The van der Waals surface area contributed by atoms with E-state index in [0.717, 1.165) is 28.1 Å². The Bertz CT molecular complexity index is 5480. The summed E-state index contributed by atoms with van der Waals surface area (Å²) < 4.78 is 0. The summed E-state index contributed by atoms with van der Waals surface area (Å²) in [6.07, 6.45) is 11.1. The fourth-order valence-corrected chi connectivity index (χ4v) is 18.1. The second-order valence-corrected chi connectivity index (χ2v) is 39.7. The van der Waals surface area contributed by atoms with E-state index in [0.29, 0.717) is 86.2 Å². The summed E-state index contributed by atoms with van der Waals surface area (Å²) in [6.45, 7) is 6.58. The van der Waals surface area contributed by atoms with Crippen molar-refractivity contribution in [1.29, 1.82) is 16.2 Å². The van der Waals surface area contributed by atoms with Crippen molar-refractivity contribution >= 4 is 142 Å². The van der Waals surface area contributed by atoms with Gasteiger partial charge in [-0.1, -0.05) is 172 Å². The molecule has 149 heavy (non-hydrogen) atoms. The van der Waals surface area contributed by atoms with Gasteiger partial charge in [-0.05, 0) is 191 Å². The monoisotopic (exact) mass is 2080 g/mol. The standard InChI is InChI=1S/C112H151N19O16S2/c1-74(2)104(102(141)67-87(59-78-23-8-5-9-24-78)105(143)126-69-93(135)48-49-103(142)127-95(32-21-56-124-111(116)117)100(139)65-84(28-20-55-123-110(114)115)107(145)128-96(33-22-57-125-112(118)119)99(138)64-83(75(3)132)27-13-16-51-113)130-108(146)85(50-58-149-4)66-101(140)97(62-79-25-10-6-11-26-79)129-109(147)86(60-80-42-46-91(133)47-43-80)63-92(134)31-12-7-17-54-122-106(144)88(73-148)68-98(137)82-44-40-77(41-45-82)35-34-76-36-38-81(39-37-76)61-94(136)72-131(70-89-29-14-18-52-120-89)71-90-30-15-19-53-121-90/h5-6,8-11,14-15,18-19,23-26,29-30,34-47,52-53,74,83-88,95-97,104,133,148H,7,12-13,16-17,20-22,27-28,31-33,48-51,54-73,113H2,1-4H3,(H,122,144)(H,126,143)(H,127,142)(H,128,145)(H,129,147)(H,130,146)(H4,114,115,123)(H4,116,117,124)(H4,118,119,125)/b35-34+/t83-,84+,85-,86-,87-,88+,95+,96+,97+,104+/m1/s1. The number of hydrogen-bond acceptors (Lipinski definition) is 25. The number of pyridine rings is 2. The number of nitrogens with two attached hydrogens (primary N) is 4. The Labute approximate surface area is 883 Å². The molecule has 0 fully saturated rings. The van der Waals surface area contributed by atoms with Gasteiger partial charge in [0.1, 0.15) is 17.3 Å². The number of thioether (sulfide) groups is 1. The Hall–Kier alpha value is -13.8. The van der Waals surface area contributed by atoms with Gasteiger partial charge < -0.3 is 75.9 Å². The number of carbonyl (C=O) groups excluding carboxylic acids is 15. The maximum absolute atomic E-state index is 15.1. The quantitative estimate of drug-likeness (QED) is 0.00421. The van der Waals surface area contributed by atoms with E-state index >= 15 is 4.79 Å². The van der Waals surface area contributed by atoms with E-state index < -0.39 is 156 Å². The average molecular weight is 2080 g/mol. The molecule has 0 aliphatic rings. The molecule has 2 heterocycles. The number of aromatic hydroxyl groups is 1. The predicted molar refractivity (Wildman–Crippen MR) is 582 cm³/mol. The van der Waals surface area contributed by atoms with Gasteiger partial charge in [0, 0.05) is 157 Å². The van der Waals surface area contributed by atoms with Gasteiger partial charge in [-0.25, -0.2) is 0 Å². The number of ketones is 9. The number of Topliss-reactive ketones (excluding diaryl/α,β-unsaturated/α-hetero) is 9. The van der Waals surface area contributed by atoms with Crippen LogP contribution in [0.5, 0.6) is 5.75 Å². The van der Waals surface area contributed by atoms with E-state index in [4.69, 9.17) is 39.2 Å². The van der Waals surface area contributed by atoms with Crippen LogP contribution >= 0.6 is 24.4 Å². The summed E-state index contributed by atoms with van der Waals surface area (Å²) >= 11 is 5.87. The molecule has 35 nitrogen and oxygen atoms in total. The SMILES string of the molecule is CSCC[C@H](CC(=O)[C@H](Cc1ccccc1)NC(=O)[C@@H](CC(=O)CCCCCNC(=O)[C@H](CS)CC(=O)c1ccc(/C=C/c2ccc(CC(=O)CN(Cc3ccccn3)Cc3ccccn3)cc2)cc1)Cc1ccc(O)cc1)C(=O)N[C@H](C(=O)C[C@@H](Cc1ccccc1)C(=O)NCC(=O)CCC(=O)N[C@@H](CCCNC(=N)N)C(=O)C[C@H](CCCNC(=N)N)C(=O)N[C@@H](CCCNC(=N)N)C(=O)C[C@@H](CCCCN)C(C)=O)C(C)C. The first kappa shape index (κ1) is 122. The van der Waals surface area contributed by atoms with Crippen LogP contribution in [0.25, 0.3) is 12.2 Å². The number of carbonyl (C=O) groups is 15. The Morgan fingerprint density at radius 1 is 0.423 bits per heavy atom. The molecule has 0 aliphatic carbocycles. The first-order valence-electron chi connectivity index (χ1n) is 51.3. The largest absolute Gasteiger partial charge is 0.508 e. The second kappa shape index (κ2) is 68.0. The Balaban J connectivity index is 0.932. The molecule has 7 aromatic rings. The Kier molecular flexibility index (Phi) is 55.7. The van der Waals surface area contributed by atoms with Crippen LogP contribution in [0, 0.1) is 57.7 Å². The molecule has 802 valence electrons. The number of thiol groups is 1. The van der Waals surface area contributed by atoms with Crippen molar-refractivity contribution in [2.24, 2.45) is 64.4 Å². The predicted octanol–water partition coefficient (Wildman–Crippen LogP) is 9.89. The van der Waals surface area contributed by atoms with Gasteiger partial charge >= 0.3 is 0 Å². The molecule has 6 amide bonds. The van der Waals surface area contributed by atoms with E-state index in [1.807, 2.05) is 96.1 Å². The van der Waals surface area contributed by atoms with Crippen LogP contribution in [0.2, 0.25) is 0 Å². The number of nitrogens with zero attached hydrogens (tertiary/aromatic N) is 3. The molecule has 0 saturated carbocycles. The van der Waals surface area contributed by atoms with E-state index in [-0.39, 0.29) is 194 Å². The van der Waals surface area contributed by atoms with Crippen molar-refractivity contribution < 1.29 is 77.0 Å². The van der Waals surface area contributed by atoms with Gasteiger partial charge in [-0.3, -0.25) is 103 Å². The summed E-state index contributed by atoms with van der Waals surface area (Å²) in [4.78, 5) is 223. The third-order valence-electron chi connectivity index (χ3n) is 25.7. The zero-order valence-electron chi connectivity index (χ0n) is 86.1. The molecule has 2 aromatic heterocycles. The van der Waals surface area contributed by atoms with Crippen molar-refractivity contribution in [1.82, 2.24) is 62.7 Å². The molecule has 0 saturated heterocycles. The number of guanidine groups is 3. The zero-order chi connectivity index (χ0) is 108. The molecule has 10 atom stereocenters. The molecule has 21 N–H and O–H groups in total. The number of benzene rings is 5. The molecular formula is C112H151N19O16S2. The lowest BCUT2D eigenvalue weighted by Crippen LogP contribution is -2.50. The summed E-state index contributed by atoms with van der Waals surface area (Å²) in [5, 5.41) is 58.2. The minimum absolute atomic E-state index is 0.0113. The lowest BCUT2D eigenvalue weighted by molar-refractivity contribution is -0.136. The maximum Gasteiger partial charge on any atom is 0.224 e. The lowest BCUT2D eigenvalue weighted by Gasteiger charge is -2.27. The van der Waals surface area contributed by atoms with Crippen LogP contribution < -0.4 is 70.8 Å². The highest BCUT2D eigenvalue weighted by atomic mass is 32.2. The molecule has 7 rings (SSSR count). The number of phenolic OH excluding ortho intramolecular Hbond substituents is 1. The van der Waals surface area contributed by atoms with Gasteiger partial charge in [0.15, 0.2) is 58.4 Å².